The van der Waals surface area contributed by atoms with Gasteiger partial charge in [0.25, 0.3) is 0 Å². The first kappa shape index (κ1) is 15.9. The molecule has 0 radical (unpaired) electrons. The lowest BCUT2D eigenvalue weighted by Crippen LogP contribution is -2.31. The Balaban J connectivity index is 2.59. The summed E-state index contributed by atoms with van der Waals surface area (Å²) < 4.78 is 28.4. The van der Waals surface area contributed by atoms with E-state index in [1.807, 2.05) is 6.92 Å². The van der Waals surface area contributed by atoms with Gasteiger partial charge in [-0.1, -0.05) is 19.1 Å². The lowest BCUT2D eigenvalue weighted by molar-refractivity contribution is -0.0498. The zero-order valence-corrected chi connectivity index (χ0v) is 11.3. The number of benzene rings is 1. The van der Waals surface area contributed by atoms with Crippen LogP contribution in [0.1, 0.15) is 38.3 Å². The Bertz CT molecular complexity index is 357. The first-order chi connectivity index (χ1) is 9.06. The molecule has 2 unspecified atom stereocenters. The second-order valence-electron chi connectivity index (χ2n) is 4.45. The molecule has 5 heteroatoms. The summed E-state index contributed by atoms with van der Waals surface area (Å²) in [5.74, 6) is 0.161. The van der Waals surface area contributed by atoms with E-state index < -0.39 is 6.61 Å². The molecule has 1 aromatic carbocycles. The third kappa shape index (κ3) is 5.53. The van der Waals surface area contributed by atoms with Gasteiger partial charge in [0.1, 0.15) is 5.75 Å². The predicted molar refractivity (Wildman–Crippen MR) is 70.4 cm³/mol. The fourth-order valence-electron chi connectivity index (χ4n) is 1.95. The molecule has 19 heavy (non-hydrogen) atoms. The van der Waals surface area contributed by atoms with Crippen LogP contribution in [-0.2, 0) is 0 Å². The summed E-state index contributed by atoms with van der Waals surface area (Å²) in [7, 11) is 0. The van der Waals surface area contributed by atoms with Crippen LogP contribution < -0.4 is 10.1 Å². The molecule has 2 atom stereocenters. The van der Waals surface area contributed by atoms with Crippen LogP contribution in [0.3, 0.4) is 0 Å². The van der Waals surface area contributed by atoms with Gasteiger partial charge in [-0.15, -0.1) is 0 Å². The zero-order chi connectivity index (χ0) is 14.3. The minimum atomic E-state index is -2.80. The molecule has 3 nitrogen and oxygen atoms in total. The number of nitrogens with one attached hydrogen (secondary N) is 1. The van der Waals surface area contributed by atoms with Gasteiger partial charge in [0.05, 0.1) is 0 Å². The van der Waals surface area contributed by atoms with Crippen molar-refractivity contribution in [3.8, 4) is 5.75 Å². The van der Waals surface area contributed by atoms with Gasteiger partial charge >= 0.3 is 6.61 Å². The first-order valence-electron chi connectivity index (χ1n) is 6.48. The van der Waals surface area contributed by atoms with Crippen molar-refractivity contribution in [1.82, 2.24) is 5.32 Å². The van der Waals surface area contributed by atoms with Crippen molar-refractivity contribution in [1.29, 1.82) is 0 Å². The van der Waals surface area contributed by atoms with Crippen molar-refractivity contribution in [2.45, 2.75) is 45.4 Å². The molecular formula is C14H21F2NO2. The van der Waals surface area contributed by atoms with Gasteiger partial charge in [-0.05, 0) is 37.5 Å². The highest BCUT2D eigenvalue weighted by molar-refractivity contribution is 5.29. The highest BCUT2D eigenvalue weighted by Crippen LogP contribution is 2.20. The number of alkyl halides is 2. The standard InChI is InChI=1S/C14H21F2NO2/c1-3-12(8-9-18)17-10(2)11-4-6-13(7-5-11)19-14(15)16/h4-7,10,12,14,17-18H,3,8-9H2,1-2H3. The van der Waals surface area contributed by atoms with Gasteiger partial charge in [0.15, 0.2) is 0 Å². The molecule has 0 heterocycles. The van der Waals surface area contributed by atoms with Crippen molar-refractivity contribution in [2.75, 3.05) is 6.61 Å². The third-order valence-electron chi connectivity index (χ3n) is 3.06. The number of hydrogen-bond acceptors (Lipinski definition) is 3. The Morgan fingerprint density at radius 3 is 2.37 bits per heavy atom. The van der Waals surface area contributed by atoms with E-state index in [2.05, 4.69) is 17.0 Å². The Morgan fingerprint density at radius 1 is 1.26 bits per heavy atom. The molecule has 0 amide bonds. The molecule has 0 bridgehead atoms. The van der Waals surface area contributed by atoms with E-state index in [4.69, 9.17) is 5.11 Å². The van der Waals surface area contributed by atoms with E-state index in [1.165, 1.54) is 12.1 Å². The number of hydrogen-bond donors (Lipinski definition) is 2. The van der Waals surface area contributed by atoms with E-state index >= 15 is 0 Å². The van der Waals surface area contributed by atoms with E-state index in [9.17, 15) is 8.78 Å². The summed E-state index contributed by atoms with van der Waals surface area (Å²) in [5, 5.41) is 12.3. The van der Waals surface area contributed by atoms with Crippen molar-refractivity contribution >= 4 is 0 Å². The lowest BCUT2D eigenvalue weighted by atomic mass is 10.1. The molecule has 0 spiro atoms. The average Bonchev–Trinajstić information content (AvgIpc) is 2.38. The van der Waals surface area contributed by atoms with Gasteiger partial charge in [0.2, 0.25) is 0 Å². The van der Waals surface area contributed by atoms with Gasteiger partial charge in [0, 0.05) is 18.7 Å². The van der Waals surface area contributed by atoms with Crippen molar-refractivity contribution in [3.63, 3.8) is 0 Å². The Hall–Kier alpha value is -1.20. The topological polar surface area (TPSA) is 41.5 Å². The van der Waals surface area contributed by atoms with Gasteiger partial charge in [-0.25, -0.2) is 0 Å². The van der Waals surface area contributed by atoms with E-state index in [-0.39, 0.29) is 24.4 Å². The van der Waals surface area contributed by atoms with E-state index in [1.54, 1.807) is 12.1 Å². The number of aliphatic hydroxyl groups is 1. The molecule has 1 aromatic rings. The summed E-state index contributed by atoms with van der Waals surface area (Å²) in [5.41, 5.74) is 0.998. The van der Waals surface area contributed by atoms with Gasteiger partial charge < -0.3 is 15.2 Å². The maximum Gasteiger partial charge on any atom is 0.387 e. The smallest absolute Gasteiger partial charge is 0.387 e. The zero-order valence-electron chi connectivity index (χ0n) is 11.3. The third-order valence-corrected chi connectivity index (χ3v) is 3.06. The van der Waals surface area contributed by atoms with Crippen LogP contribution >= 0.6 is 0 Å². The number of aliphatic hydroxyl groups excluding tert-OH is 1. The SMILES string of the molecule is CCC(CCO)NC(C)c1ccc(OC(F)F)cc1. The van der Waals surface area contributed by atoms with Crippen LogP contribution in [0.2, 0.25) is 0 Å². The molecule has 1 rings (SSSR count). The summed E-state index contributed by atoms with van der Waals surface area (Å²) in [6.07, 6.45) is 1.63. The Kier molecular flexibility index (Phi) is 6.73. The molecule has 0 aromatic heterocycles. The molecule has 0 aliphatic rings. The predicted octanol–water partition coefficient (Wildman–Crippen LogP) is 3.10. The van der Waals surface area contributed by atoms with E-state index in [0.717, 1.165) is 12.0 Å². The average molecular weight is 273 g/mol. The molecule has 0 aliphatic heterocycles. The van der Waals surface area contributed by atoms with Crippen molar-refractivity contribution in [3.05, 3.63) is 29.8 Å². The number of rotatable bonds is 8. The quantitative estimate of drug-likeness (QED) is 0.764. The maximum atomic E-state index is 12.0. The van der Waals surface area contributed by atoms with Gasteiger partial charge in [-0.2, -0.15) is 8.78 Å². The number of ether oxygens (including phenoxy) is 1. The van der Waals surface area contributed by atoms with Crippen molar-refractivity contribution in [2.24, 2.45) is 0 Å². The van der Waals surface area contributed by atoms with Crippen molar-refractivity contribution < 1.29 is 18.6 Å². The van der Waals surface area contributed by atoms with Crippen LogP contribution in [0, 0.1) is 0 Å². The molecule has 0 saturated carbocycles. The summed E-state index contributed by atoms with van der Waals surface area (Å²) in [6.45, 7) is 1.41. The largest absolute Gasteiger partial charge is 0.435 e. The molecule has 0 saturated heterocycles. The monoisotopic (exact) mass is 273 g/mol. The summed E-state index contributed by atoms with van der Waals surface area (Å²) in [4.78, 5) is 0. The second kappa shape index (κ2) is 8.07. The Morgan fingerprint density at radius 2 is 1.89 bits per heavy atom. The van der Waals surface area contributed by atoms with E-state index in [0.29, 0.717) is 6.42 Å². The molecule has 0 aliphatic carbocycles. The lowest BCUT2D eigenvalue weighted by Gasteiger charge is -2.22. The highest BCUT2D eigenvalue weighted by Gasteiger charge is 2.12. The number of halogens is 2. The van der Waals surface area contributed by atoms with Crippen LogP contribution in [0.4, 0.5) is 8.78 Å². The molecular weight excluding hydrogens is 252 g/mol. The summed E-state index contributed by atoms with van der Waals surface area (Å²) in [6, 6.07) is 6.94. The first-order valence-corrected chi connectivity index (χ1v) is 6.48. The normalized spacial score (nSPS) is 14.4. The highest BCUT2D eigenvalue weighted by atomic mass is 19.3. The minimum absolute atomic E-state index is 0.0945. The van der Waals surface area contributed by atoms with Crippen LogP contribution in [0.5, 0.6) is 5.75 Å². The van der Waals surface area contributed by atoms with Gasteiger partial charge in [-0.3, -0.25) is 0 Å². The fourth-order valence-corrected chi connectivity index (χ4v) is 1.95. The van der Waals surface area contributed by atoms with Crippen LogP contribution in [-0.4, -0.2) is 24.4 Å². The summed E-state index contributed by atoms with van der Waals surface area (Å²) >= 11 is 0. The molecule has 108 valence electrons. The minimum Gasteiger partial charge on any atom is -0.435 e. The van der Waals surface area contributed by atoms with Crippen LogP contribution in [0.25, 0.3) is 0 Å². The molecule has 0 fully saturated rings. The van der Waals surface area contributed by atoms with Crippen LogP contribution in [0.15, 0.2) is 24.3 Å². The second-order valence-corrected chi connectivity index (χ2v) is 4.45. The maximum absolute atomic E-state index is 12.0. The Labute approximate surface area is 112 Å². The fraction of sp³-hybridized carbons (Fsp3) is 0.571. The molecule has 2 N–H and O–H groups in total.